The molecule has 5 heteroatoms. The first-order valence-electron chi connectivity index (χ1n) is 5.54. The van der Waals surface area contributed by atoms with Crippen molar-refractivity contribution >= 4 is 33.4 Å². The number of carbonyl (C=O) groups is 1. The van der Waals surface area contributed by atoms with Crippen molar-refractivity contribution in [1.29, 1.82) is 0 Å². The van der Waals surface area contributed by atoms with Gasteiger partial charge in [-0.3, -0.25) is 4.79 Å². The van der Waals surface area contributed by atoms with Crippen LogP contribution in [0.4, 0.5) is 0 Å². The van der Waals surface area contributed by atoms with E-state index in [4.69, 9.17) is 11.6 Å². The molecule has 94 valence electrons. The number of hydrogen-bond acceptors (Lipinski definition) is 2. The summed E-state index contributed by atoms with van der Waals surface area (Å²) < 4.78 is 0. The fourth-order valence-corrected chi connectivity index (χ4v) is 1.84. The van der Waals surface area contributed by atoms with Gasteiger partial charge in [0, 0.05) is 24.1 Å². The molecule has 0 aliphatic heterocycles. The molecule has 0 aromatic carbocycles. The van der Waals surface area contributed by atoms with Crippen molar-refractivity contribution in [2.24, 2.45) is 0 Å². The van der Waals surface area contributed by atoms with Crippen LogP contribution in [0, 0.1) is 0 Å². The van der Waals surface area contributed by atoms with E-state index in [9.17, 15) is 4.79 Å². The number of aromatic nitrogens is 1. The summed E-state index contributed by atoms with van der Waals surface area (Å²) in [6.07, 6.45) is 2.43. The Bertz CT molecular complexity index is 367. The molecule has 1 aromatic heterocycles. The first kappa shape index (κ1) is 14.5. The SMILES string of the molecule is CC(C)N(CCCBr)C(=O)c1ccc(Cl)cn1. The van der Waals surface area contributed by atoms with Gasteiger partial charge in [-0.2, -0.15) is 0 Å². The van der Waals surface area contributed by atoms with Gasteiger partial charge in [0.15, 0.2) is 0 Å². The summed E-state index contributed by atoms with van der Waals surface area (Å²) in [5, 5.41) is 1.43. The number of halogens is 2. The molecule has 0 fully saturated rings. The molecule has 0 N–H and O–H groups in total. The summed E-state index contributed by atoms with van der Waals surface area (Å²) in [5.41, 5.74) is 0.442. The molecule has 1 heterocycles. The van der Waals surface area contributed by atoms with Gasteiger partial charge in [-0.05, 0) is 32.4 Å². The topological polar surface area (TPSA) is 33.2 Å². The summed E-state index contributed by atoms with van der Waals surface area (Å²) in [4.78, 5) is 18.1. The second-order valence-electron chi connectivity index (χ2n) is 4.00. The zero-order valence-electron chi connectivity index (χ0n) is 9.99. The van der Waals surface area contributed by atoms with E-state index in [2.05, 4.69) is 20.9 Å². The Hall–Kier alpha value is -0.610. The minimum atomic E-state index is -0.0439. The van der Waals surface area contributed by atoms with Crippen LogP contribution in [0.5, 0.6) is 0 Å². The molecule has 1 amide bonds. The summed E-state index contributed by atoms with van der Waals surface area (Å²) in [7, 11) is 0. The van der Waals surface area contributed by atoms with Crippen molar-refractivity contribution in [2.75, 3.05) is 11.9 Å². The van der Waals surface area contributed by atoms with Crippen LogP contribution in [0.1, 0.15) is 30.8 Å². The van der Waals surface area contributed by atoms with Gasteiger partial charge in [0.2, 0.25) is 0 Å². The molecular formula is C12H16BrClN2O. The Morgan fingerprint density at radius 1 is 1.53 bits per heavy atom. The number of nitrogens with zero attached hydrogens (tertiary/aromatic N) is 2. The van der Waals surface area contributed by atoms with Crippen LogP contribution >= 0.6 is 27.5 Å². The van der Waals surface area contributed by atoms with Crippen molar-refractivity contribution in [3.05, 3.63) is 29.0 Å². The molecule has 0 radical (unpaired) electrons. The molecule has 1 aromatic rings. The molecule has 0 aliphatic rings. The van der Waals surface area contributed by atoms with Gasteiger partial charge in [0.25, 0.3) is 5.91 Å². The van der Waals surface area contributed by atoms with Gasteiger partial charge >= 0.3 is 0 Å². The molecule has 0 atom stereocenters. The average molecular weight is 320 g/mol. The lowest BCUT2D eigenvalue weighted by Gasteiger charge is -2.26. The Balaban J connectivity index is 2.80. The Kier molecular flexibility index (Phi) is 5.92. The first-order valence-corrected chi connectivity index (χ1v) is 7.04. The maximum Gasteiger partial charge on any atom is 0.272 e. The zero-order valence-corrected chi connectivity index (χ0v) is 12.3. The van der Waals surface area contributed by atoms with Gasteiger partial charge in [-0.1, -0.05) is 27.5 Å². The molecule has 0 saturated carbocycles. The first-order chi connectivity index (χ1) is 8.06. The predicted molar refractivity (Wildman–Crippen MR) is 73.8 cm³/mol. The summed E-state index contributed by atoms with van der Waals surface area (Å²) in [6.45, 7) is 4.73. The molecule has 0 spiro atoms. The van der Waals surface area contributed by atoms with Crippen molar-refractivity contribution in [3.63, 3.8) is 0 Å². The lowest BCUT2D eigenvalue weighted by Crippen LogP contribution is -2.38. The highest BCUT2D eigenvalue weighted by Gasteiger charge is 2.19. The number of pyridine rings is 1. The molecular weight excluding hydrogens is 304 g/mol. The van der Waals surface area contributed by atoms with Crippen molar-refractivity contribution in [2.45, 2.75) is 26.3 Å². The largest absolute Gasteiger partial charge is 0.335 e. The average Bonchev–Trinajstić information content (AvgIpc) is 2.29. The number of carbonyl (C=O) groups excluding carboxylic acids is 1. The second-order valence-corrected chi connectivity index (χ2v) is 5.23. The van der Waals surface area contributed by atoms with Crippen LogP contribution in [0.25, 0.3) is 0 Å². The Morgan fingerprint density at radius 3 is 2.71 bits per heavy atom. The van der Waals surface area contributed by atoms with Crippen LogP contribution in [0.15, 0.2) is 18.3 Å². The number of rotatable bonds is 5. The second kappa shape index (κ2) is 6.97. The van der Waals surface area contributed by atoms with Crippen LogP contribution in [0.3, 0.4) is 0 Å². The number of amides is 1. The minimum Gasteiger partial charge on any atom is -0.335 e. The van der Waals surface area contributed by atoms with Gasteiger partial charge < -0.3 is 4.90 Å². The highest BCUT2D eigenvalue weighted by Crippen LogP contribution is 2.11. The van der Waals surface area contributed by atoms with Crippen molar-refractivity contribution < 1.29 is 4.79 Å². The van der Waals surface area contributed by atoms with Gasteiger partial charge in [-0.25, -0.2) is 4.98 Å². The van der Waals surface area contributed by atoms with Crippen molar-refractivity contribution in [3.8, 4) is 0 Å². The van der Waals surface area contributed by atoms with E-state index < -0.39 is 0 Å². The van der Waals surface area contributed by atoms with Crippen molar-refractivity contribution in [1.82, 2.24) is 9.88 Å². The van der Waals surface area contributed by atoms with Crippen LogP contribution < -0.4 is 0 Å². The smallest absolute Gasteiger partial charge is 0.272 e. The number of hydrogen-bond donors (Lipinski definition) is 0. The van der Waals surface area contributed by atoms with Crippen LogP contribution in [0.2, 0.25) is 5.02 Å². The van der Waals surface area contributed by atoms with Gasteiger partial charge in [0.1, 0.15) is 5.69 Å². The normalized spacial score (nSPS) is 10.6. The lowest BCUT2D eigenvalue weighted by molar-refractivity contribution is 0.0700. The van der Waals surface area contributed by atoms with Crippen LogP contribution in [-0.2, 0) is 0 Å². The Morgan fingerprint density at radius 2 is 2.24 bits per heavy atom. The monoisotopic (exact) mass is 318 g/mol. The van der Waals surface area contributed by atoms with E-state index in [-0.39, 0.29) is 11.9 Å². The minimum absolute atomic E-state index is 0.0439. The van der Waals surface area contributed by atoms with E-state index in [0.29, 0.717) is 10.7 Å². The quantitative estimate of drug-likeness (QED) is 0.780. The van der Waals surface area contributed by atoms with E-state index in [1.54, 1.807) is 12.1 Å². The third-order valence-corrected chi connectivity index (χ3v) is 3.15. The fourth-order valence-electron chi connectivity index (χ4n) is 1.47. The van der Waals surface area contributed by atoms with E-state index in [1.165, 1.54) is 6.20 Å². The molecule has 0 saturated heterocycles. The highest BCUT2D eigenvalue weighted by molar-refractivity contribution is 9.09. The molecule has 3 nitrogen and oxygen atoms in total. The summed E-state index contributed by atoms with van der Waals surface area (Å²) in [5.74, 6) is -0.0439. The van der Waals surface area contributed by atoms with E-state index in [1.807, 2.05) is 18.7 Å². The summed E-state index contributed by atoms with van der Waals surface area (Å²) in [6, 6.07) is 3.51. The van der Waals surface area contributed by atoms with Crippen LogP contribution in [-0.4, -0.2) is 33.7 Å². The molecule has 17 heavy (non-hydrogen) atoms. The molecule has 1 rings (SSSR count). The molecule has 0 bridgehead atoms. The zero-order chi connectivity index (χ0) is 12.8. The van der Waals surface area contributed by atoms with E-state index in [0.717, 1.165) is 18.3 Å². The lowest BCUT2D eigenvalue weighted by atomic mass is 10.2. The molecule has 0 unspecified atom stereocenters. The Labute approximate surface area is 115 Å². The third kappa shape index (κ3) is 4.28. The van der Waals surface area contributed by atoms with Gasteiger partial charge in [0.05, 0.1) is 5.02 Å². The maximum absolute atomic E-state index is 12.2. The van der Waals surface area contributed by atoms with E-state index >= 15 is 0 Å². The van der Waals surface area contributed by atoms with Gasteiger partial charge in [-0.15, -0.1) is 0 Å². The number of alkyl halides is 1. The fraction of sp³-hybridized carbons (Fsp3) is 0.500. The maximum atomic E-state index is 12.2. The summed E-state index contributed by atoms with van der Waals surface area (Å²) >= 11 is 9.12. The highest BCUT2D eigenvalue weighted by atomic mass is 79.9. The predicted octanol–water partition coefficient (Wildman–Crippen LogP) is 3.37. The third-order valence-electron chi connectivity index (χ3n) is 2.36. The molecule has 0 aliphatic carbocycles. The standard InChI is InChI=1S/C12H16BrClN2O/c1-9(2)16(7-3-6-13)12(17)11-5-4-10(14)8-15-11/h4-5,8-9H,3,6-7H2,1-2H3.